The molecule has 0 aromatic heterocycles. The predicted molar refractivity (Wildman–Crippen MR) is 615 cm³/mol. The van der Waals surface area contributed by atoms with Gasteiger partial charge in [-0.25, -0.2) is 45.7 Å². The van der Waals surface area contributed by atoms with Gasteiger partial charge < -0.3 is 137 Å². The van der Waals surface area contributed by atoms with E-state index in [2.05, 4.69) is 227 Å². The van der Waals surface area contributed by atoms with E-state index in [1.54, 1.807) is 0 Å². The van der Waals surface area contributed by atoms with Gasteiger partial charge in [0.25, 0.3) is 0 Å². The van der Waals surface area contributed by atoms with Gasteiger partial charge in [0.1, 0.15) is 0 Å². The molecule has 43 nitrogen and oxygen atoms in total. The van der Waals surface area contributed by atoms with Gasteiger partial charge in [0.15, 0.2) is 0 Å². The molecule has 0 aliphatic carbocycles. The van der Waals surface area contributed by atoms with Crippen molar-refractivity contribution >= 4 is 78.2 Å². The van der Waals surface area contributed by atoms with Crippen molar-refractivity contribution in [2.75, 3.05) is 157 Å². The van der Waals surface area contributed by atoms with Gasteiger partial charge in [0.05, 0.1) is 0 Å². The number of rotatable bonds is 82. The maximum absolute atomic E-state index is 9.63. The second kappa shape index (κ2) is 124. The van der Waals surface area contributed by atoms with Crippen LogP contribution in [0.3, 0.4) is 0 Å². The molecule has 0 unspecified atom stereocenters. The summed E-state index contributed by atoms with van der Waals surface area (Å²) in [5.74, 6) is 0. The molecular weight excluding hydrogens is 2130 g/mol. The lowest BCUT2D eigenvalue weighted by Gasteiger charge is -2.21. The van der Waals surface area contributed by atoms with E-state index >= 15 is 0 Å². The van der Waals surface area contributed by atoms with Crippen LogP contribution in [0.1, 0.15) is 474 Å². The van der Waals surface area contributed by atoms with Crippen molar-refractivity contribution in [2.45, 2.75) is 474 Å². The molecule has 0 heterocycles. The van der Waals surface area contributed by atoms with E-state index in [1.165, 1.54) is 465 Å². The smallest absolute Gasteiger partial charge is 0.303 e. The van der Waals surface area contributed by atoms with Crippen molar-refractivity contribution in [3.05, 3.63) is 0 Å². The average Bonchev–Trinajstić information content (AvgIpc) is 0.926. The third-order valence-electron chi connectivity index (χ3n) is 20.9. The van der Waals surface area contributed by atoms with Gasteiger partial charge in [-0.3, -0.25) is 0 Å². The molecule has 0 spiro atoms. The zero-order valence-corrected chi connectivity index (χ0v) is 107. The standard InChI is InChI=1S/8C12H27N.5H4O7P2/c8*1-4-7-10-13(11-8-5-2)12-9-6-3;5*1-8(2,3)7-9(4,5)6/h8*4-12H2,1-3H3;5*(H2,1,2,3)(H2,4,5,6). The molecule has 0 aliphatic rings. The van der Waals surface area contributed by atoms with Crippen LogP contribution in [0.2, 0.25) is 0 Å². The summed E-state index contributed by atoms with van der Waals surface area (Å²) >= 11 is 0. The largest absolute Gasteiger partial charge is 0.478 e. The molecular formula is C96H236N8O35P10. The fourth-order valence-electron chi connectivity index (χ4n) is 12.5. The first-order chi connectivity index (χ1) is 69.3. The van der Waals surface area contributed by atoms with Crippen LogP contribution < -0.4 is 0 Å². The normalized spacial score (nSPS) is 11.9. The Morgan fingerprint density at radius 3 is 0.168 bits per heavy atom. The summed E-state index contributed by atoms with van der Waals surface area (Å²) in [6.07, 6.45) is 64.7. The van der Waals surface area contributed by atoms with Crippen LogP contribution in [0.4, 0.5) is 0 Å². The number of phosphoric acid groups is 10. The Bertz CT molecular complexity index is 2380. The van der Waals surface area contributed by atoms with Crippen LogP contribution in [0, 0.1) is 0 Å². The van der Waals surface area contributed by atoms with Crippen molar-refractivity contribution in [3.8, 4) is 0 Å². The molecule has 0 bridgehead atoms. The third-order valence-corrected chi connectivity index (χ3v) is 29.4. The summed E-state index contributed by atoms with van der Waals surface area (Å²) in [5, 5.41) is 0. The maximum atomic E-state index is 9.63. The molecule has 0 aliphatic heterocycles. The minimum Gasteiger partial charge on any atom is -0.303 e. The molecule has 149 heavy (non-hydrogen) atoms. The van der Waals surface area contributed by atoms with Crippen molar-refractivity contribution in [1.29, 1.82) is 0 Å². The van der Waals surface area contributed by atoms with Crippen LogP contribution in [0.25, 0.3) is 0 Å². The predicted octanol–water partition coefficient (Wildman–Crippen LogP) is 25.5. The number of nitrogens with zero attached hydrogens (tertiary/aromatic N) is 8. The minimum atomic E-state index is -5.05. The topological polar surface area (TPSA) is 647 Å². The lowest BCUT2D eigenvalue weighted by Crippen LogP contribution is -2.27. The van der Waals surface area contributed by atoms with Crippen molar-refractivity contribution in [1.82, 2.24) is 39.2 Å². The van der Waals surface area contributed by atoms with E-state index in [9.17, 15) is 45.7 Å². The molecule has 0 amide bonds. The molecule has 53 heteroatoms. The van der Waals surface area contributed by atoms with Gasteiger partial charge in [-0.2, -0.15) is 21.6 Å². The fourth-order valence-corrected chi connectivity index (χ4v) is 18.1. The molecule has 0 saturated carbocycles. The van der Waals surface area contributed by atoms with E-state index < -0.39 is 78.2 Å². The fraction of sp³-hybridized carbons (Fsp3) is 1.00. The maximum Gasteiger partial charge on any atom is 0.478 e. The average molecular weight is 2370 g/mol. The quantitative estimate of drug-likeness (QED) is 0.0251. The highest BCUT2D eigenvalue weighted by Gasteiger charge is 2.32. The highest BCUT2D eigenvalue weighted by molar-refractivity contribution is 7.62. The molecule has 0 aromatic rings. The van der Waals surface area contributed by atoms with Crippen LogP contribution in [-0.4, -0.2) is 294 Å². The second-order valence-corrected chi connectivity index (χ2v) is 49.6. The molecule has 0 fully saturated rings. The van der Waals surface area contributed by atoms with Crippen LogP contribution in [0.15, 0.2) is 0 Å². The summed E-state index contributed by atoms with van der Waals surface area (Å²) < 4.78 is 111. The summed E-state index contributed by atoms with van der Waals surface area (Å²) in [5.41, 5.74) is 0. The number of unbranched alkanes of at least 4 members (excludes halogenated alkanes) is 24. The molecule has 0 radical (unpaired) electrons. The van der Waals surface area contributed by atoms with Gasteiger partial charge in [0, 0.05) is 0 Å². The second-order valence-electron chi connectivity index (χ2n) is 36.5. The van der Waals surface area contributed by atoms with Gasteiger partial charge >= 0.3 is 78.2 Å². The van der Waals surface area contributed by atoms with E-state index in [-0.39, 0.29) is 0 Å². The van der Waals surface area contributed by atoms with E-state index in [0.29, 0.717) is 0 Å². The third kappa shape index (κ3) is 200. The molecule has 0 aromatic carbocycles. The first kappa shape index (κ1) is 177. The molecule has 0 rings (SSSR count). The lowest BCUT2D eigenvalue weighted by molar-refractivity contribution is 0.221. The zero-order chi connectivity index (χ0) is 118. The van der Waals surface area contributed by atoms with Crippen molar-refractivity contribution in [3.63, 3.8) is 0 Å². The summed E-state index contributed by atoms with van der Waals surface area (Å²) in [6.45, 7) is 86.2. The van der Waals surface area contributed by atoms with Gasteiger partial charge in [-0.15, -0.1) is 0 Å². The van der Waals surface area contributed by atoms with Gasteiger partial charge in [-0.1, -0.05) is 320 Å². The zero-order valence-electron chi connectivity index (χ0n) is 98.0. The Kier molecular flexibility index (Phi) is 148. The highest BCUT2D eigenvalue weighted by Crippen LogP contribution is 2.57. The summed E-state index contributed by atoms with van der Waals surface area (Å²) in [4.78, 5) is 176. The Morgan fingerprint density at radius 2 is 0.148 bits per heavy atom. The number of hydrogen-bond acceptors (Lipinski definition) is 23. The van der Waals surface area contributed by atoms with E-state index in [0.717, 1.165) is 0 Å². The molecule has 20 N–H and O–H groups in total. The molecule has 0 atom stereocenters. The first-order valence-corrected chi connectivity index (χ1v) is 71.5. The SMILES string of the molecule is CCCCN(CCCC)CCCC.CCCCN(CCCC)CCCC.CCCCN(CCCC)CCCC.CCCCN(CCCC)CCCC.CCCCN(CCCC)CCCC.CCCCN(CCCC)CCCC.CCCCN(CCCC)CCCC.CCCCN(CCCC)CCCC.O=P(O)(O)OP(=O)(O)O.O=P(O)(O)OP(=O)(O)O.O=P(O)(O)OP(=O)(O)O.O=P(O)(O)OP(=O)(O)O.O=P(O)(O)OP(=O)(O)O. The first-order valence-electron chi connectivity index (χ1n) is 56.2. The van der Waals surface area contributed by atoms with Gasteiger partial charge in [-0.05, 0) is 311 Å². The Hall–Kier alpha value is 0.980. The van der Waals surface area contributed by atoms with Crippen molar-refractivity contribution < 1.29 is 165 Å². The van der Waals surface area contributed by atoms with Crippen molar-refractivity contribution in [2.24, 2.45) is 0 Å². The van der Waals surface area contributed by atoms with Crippen LogP contribution >= 0.6 is 78.2 Å². The molecule has 920 valence electrons. The number of hydrogen-bond donors (Lipinski definition) is 20. The monoisotopic (exact) mass is 2370 g/mol. The van der Waals surface area contributed by atoms with Crippen LogP contribution in [-0.2, 0) is 67.2 Å². The summed E-state index contributed by atoms with van der Waals surface area (Å²) in [6, 6.07) is 0. The summed E-state index contributed by atoms with van der Waals surface area (Å²) in [7, 11) is -50.5. The molecule has 0 saturated heterocycles. The van der Waals surface area contributed by atoms with E-state index in [1.807, 2.05) is 0 Å². The lowest BCUT2D eigenvalue weighted by atomic mass is 10.2. The van der Waals surface area contributed by atoms with Gasteiger partial charge in [0.2, 0.25) is 0 Å². The Morgan fingerprint density at radius 1 is 0.107 bits per heavy atom. The minimum absolute atomic E-state index is 1.32. The van der Waals surface area contributed by atoms with E-state index in [4.69, 9.17) is 97.9 Å². The Labute approximate surface area is 909 Å². The Balaban J connectivity index is -0.000000123. The highest BCUT2D eigenvalue weighted by atomic mass is 31.3. The van der Waals surface area contributed by atoms with Crippen LogP contribution in [0.5, 0.6) is 0 Å².